The van der Waals surface area contributed by atoms with Gasteiger partial charge in [0, 0.05) is 13.0 Å². The number of nitrogens with two attached hydrogens (primary N) is 3. The summed E-state index contributed by atoms with van der Waals surface area (Å²) in [6, 6.07) is 0.702. The third-order valence-corrected chi connectivity index (χ3v) is 6.09. The van der Waals surface area contributed by atoms with E-state index in [-0.39, 0.29) is 37.5 Å². The molecule has 0 aromatic heterocycles. The van der Waals surface area contributed by atoms with E-state index in [9.17, 15) is 34.2 Å². The average Bonchev–Trinajstić information content (AvgIpc) is 2.88. The van der Waals surface area contributed by atoms with Gasteiger partial charge in [-0.2, -0.15) is 0 Å². The molecule has 0 radical (unpaired) electrons. The molecule has 15 nitrogen and oxygen atoms in total. The number of hydrogen-bond donors (Lipinski definition) is 9. The number of rotatable bonds is 17. The summed E-state index contributed by atoms with van der Waals surface area (Å²) in [5.74, 6) is -5.58. The van der Waals surface area contributed by atoms with Crippen LogP contribution in [0.5, 0.6) is 5.75 Å². The van der Waals surface area contributed by atoms with Crippen LogP contribution in [-0.2, 0) is 30.4 Å². The predicted octanol–water partition coefficient (Wildman–Crippen LogP) is -1.62. The van der Waals surface area contributed by atoms with Crippen LogP contribution < -0.4 is 33.2 Å². The van der Waals surface area contributed by atoms with E-state index in [4.69, 9.17) is 22.3 Å². The first-order valence-corrected chi connectivity index (χ1v) is 12.7. The molecule has 0 aliphatic rings. The Hall–Kier alpha value is -4.40. The first kappa shape index (κ1) is 33.6. The molecule has 0 bridgehead atoms. The van der Waals surface area contributed by atoms with E-state index >= 15 is 0 Å². The third-order valence-electron chi connectivity index (χ3n) is 6.09. The first-order chi connectivity index (χ1) is 18.7. The minimum atomic E-state index is -1.42. The summed E-state index contributed by atoms with van der Waals surface area (Å²) in [6.45, 7) is 3.60. The van der Waals surface area contributed by atoms with Crippen LogP contribution in [0.1, 0.15) is 45.1 Å². The van der Waals surface area contributed by atoms with E-state index in [1.165, 1.54) is 24.3 Å². The zero-order valence-corrected chi connectivity index (χ0v) is 22.5. The Morgan fingerprint density at radius 1 is 0.925 bits per heavy atom. The lowest BCUT2D eigenvalue weighted by Crippen LogP contribution is -2.59. The normalized spacial score (nSPS) is 14.5. The van der Waals surface area contributed by atoms with Crippen molar-refractivity contribution in [1.82, 2.24) is 16.0 Å². The molecule has 1 aromatic carbocycles. The number of nitrogens with zero attached hydrogens (tertiary/aromatic N) is 1. The van der Waals surface area contributed by atoms with Crippen molar-refractivity contribution >= 4 is 35.6 Å². The molecular formula is C25H39N7O8. The predicted molar refractivity (Wildman–Crippen MR) is 145 cm³/mol. The van der Waals surface area contributed by atoms with Gasteiger partial charge in [0.25, 0.3) is 0 Å². The summed E-state index contributed by atoms with van der Waals surface area (Å²) < 4.78 is 0. The number of benzene rings is 1. The summed E-state index contributed by atoms with van der Waals surface area (Å²) in [5, 5.41) is 35.5. The maximum absolute atomic E-state index is 13.2. The zero-order chi connectivity index (χ0) is 30.4. The molecule has 0 saturated heterocycles. The lowest BCUT2D eigenvalue weighted by Gasteiger charge is -2.28. The molecule has 3 amide bonds. The van der Waals surface area contributed by atoms with E-state index in [0.29, 0.717) is 12.0 Å². The largest absolute Gasteiger partial charge is 0.508 e. The number of aromatic hydroxyl groups is 1. The number of phenols is 1. The van der Waals surface area contributed by atoms with E-state index in [0.717, 1.165) is 0 Å². The molecule has 15 heteroatoms. The second-order valence-electron chi connectivity index (χ2n) is 9.36. The number of amides is 3. The minimum Gasteiger partial charge on any atom is -0.508 e. The molecule has 0 fully saturated rings. The molecule has 0 aliphatic heterocycles. The number of carbonyl (C=O) groups is 5. The van der Waals surface area contributed by atoms with Crippen LogP contribution in [0.15, 0.2) is 29.3 Å². The minimum absolute atomic E-state index is 0.00284. The van der Waals surface area contributed by atoms with Gasteiger partial charge in [-0.15, -0.1) is 0 Å². The lowest BCUT2D eigenvalue weighted by molar-refractivity contribution is -0.142. The molecular weight excluding hydrogens is 526 g/mol. The second-order valence-corrected chi connectivity index (χ2v) is 9.36. The van der Waals surface area contributed by atoms with Crippen molar-refractivity contribution in [3.63, 3.8) is 0 Å². The number of aliphatic carboxylic acids is 2. The number of aliphatic imine (C=N–C) groups is 1. The number of phenolic OH excluding ortho intramolecular Hbond substituents is 1. The van der Waals surface area contributed by atoms with Crippen LogP contribution in [-0.4, -0.2) is 81.7 Å². The van der Waals surface area contributed by atoms with Gasteiger partial charge in [0.05, 0.1) is 12.5 Å². The van der Waals surface area contributed by atoms with Gasteiger partial charge in [0.15, 0.2) is 5.96 Å². The summed E-state index contributed by atoms with van der Waals surface area (Å²) in [5.41, 5.74) is 16.8. The molecule has 5 unspecified atom stereocenters. The standard InChI is InChI=1S/C25H39N7O8/c1-3-13(2)20(23(38)31-18(24(39)40)11-14-6-8-15(33)9-7-14)32-22(37)17(5-4-10-29-25(27)28)30-21(36)16(26)12-19(34)35/h6-9,13,16-18,20,33H,3-5,10-12,26H2,1-2H3,(H,30,36)(H,31,38)(H,32,37)(H,34,35)(H,39,40)(H4,27,28,29). The van der Waals surface area contributed by atoms with Crippen molar-refractivity contribution < 1.29 is 39.3 Å². The zero-order valence-electron chi connectivity index (χ0n) is 22.5. The van der Waals surface area contributed by atoms with Crippen LogP contribution in [0.25, 0.3) is 0 Å². The number of nitrogens with one attached hydrogen (secondary N) is 3. The molecule has 0 spiro atoms. The smallest absolute Gasteiger partial charge is 0.326 e. The van der Waals surface area contributed by atoms with Gasteiger partial charge in [0.2, 0.25) is 17.7 Å². The molecule has 1 aromatic rings. The van der Waals surface area contributed by atoms with Gasteiger partial charge >= 0.3 is 11.9 Å². The summed E-state index contributed by atoms with van der Waals surface area (Å²) in [7, 11) is 0. The van der Waals surface area contributed by atoms with E-state index in [1.54, 1.807) is 13.8 Å². The highest BCUT2D eigenvalue weighted by molar-refractivity contribution is 5.94. The van der Waals surface area contributed by atoms with Gasteiger partial charge in [-0.25, -0.2) is 4.79 Å². The third kappa shape index (κ3) is 12.0. The van der Waals surface area contributed by atoms with Crippen molar-refractivity contribution in [2.45, 2.75) is 70.1 Å². The molecule has 5 atom stereocenters. The van der Waals surface area contributed by atoms with E-state index in [2.05, 4.69) is 20.9 Å². The summed E-state index contributed by atoms with van der Waals surface area (Å²) >= 11 is 0. The average molecular weight is 566 g/mol. The Morgan fingerprint density at radius 3 is 2.05 bits per heavy atom. The van der Waals surface area contributed by atoms with Crippen molar-refractivity contribution in [3.8, 4) is 5.75 Å². The highest BCUT2D eigenvalue weighted by atomic mass is 16.4. The molecule has 0 aliphatic carbocycles. The Balaban J connectivity index is 3.08. The molecule has 40 heavy (non-hydrogen) atoms. The summed E-state index contributed by atoms with van der Waals surface area (Å²) in [6.07, 6.45) is -0.0177. The van der Waals surface area contributed by atoms with Crippen molar-refractivity contribution in [1.29, 1.82) is 0 Å². The quantitative estimate of drug-likeness (QED) is 0.0587. The number of hydrogen-bond acceptors (Lipinski definition) is 8. The highest BCUT2D eigenvalue weighted by Crippen LogP contribution is 2.13. The number of carboxylic acids is 2. The fraction of sp³-hybridized carbons (Fsp3) is 0.520. The number of carbonyl (C=O) groups excluding carboxylic acids is 3. The van der Waals surface area contributed by atoms with Gasteiger partial charge in [-0.3, -0.25) is 24.2 Å². The van der Waals surface area contributed by atoms with Crippen LogP contribution in [0.2, 0.25) is 0 Å². The molecule has 1 rings (SSSR count). The molecule has 0 saturated carbocycles. The van der Waals surface area contributed by atoms with E-state index < -0.39 is 66.2 Å². The van der Waals surface area contributed by atoms with Crippen LogP contribution in [0.3, 0.4) is 0 Å². The Morgan fingerprint density at radius 2 is 1.52 bits per heavy atom. The Bertz CT molecular complexity index is 1060. The van der Waals surface area contributed by atoms with Gasteiger partial charge in [-0.05, 0) is 36.5 Å². The molecule has 0 heterocycles. The maximum Gasteiger partial charge on any atom is 0.326 e. The van der Waals surface area contributed by atoms with E-state index in [1.807, 2.05) is 0 Å². The lowest BCUT2D eigenvalue weighted by atomic mass is 9.96. The topological polar surface area (TPSA) is 273 Å². The Kier molecular flexibility index (Phi) is 13.9. The number of guanidine groups is 1. The SMILES string of the molecule is CCC(C)C(NC(=O)C(CCCN=C(N)N)NC(=O)C(N)CC(=O)O)C(=O)NC(Cc1ccc(O)cc1)C(=O)O. The van der Waals surface area contributed by atoms with Crippen molar-refractivity contribution in [2.24, 2.45) is 28.1 Å². The number of carboxylic acid groups (broad SMARTS) is 2. The van der Waals surface area contributed by atoms with Crippen LogP contribution >= 0.6 is 0 Å². The maximum atomic E-state index is 13.2. The van der Waals surface area contributed by atoms with Gasteiger partial charge < -0.3 is 48.5 Å². The van der Waals surface area contributed by atoms with Crippen LogP contribution in [0.4, 0.5) is 0 Å². The fourth-order valence-electron chi connectivity index (χ4n) is 3.62. The monoisotopic (exact) mass is 565 g/mol. The molecule has 12 N–H and O–H groups in total. The van der Waals surface area contributed by atoms with Gasteiger partial charge in [0.1, 0.15) is 23.9 Å². The van der Waals surface area contributed by atoms with Crippen LogP contribution in [0, 0.1) is 5.92 Å². The highest BCUT2D eigenvalue weighted by Gasteiger charge is 2.33. The first-order valence-electron chi connectivity index (χ1n) is 12.7. The second kappa shape index (κ2) is 16.5. The fourth-order valence-corrected chi connectivity index (χ4v) is 3.62. The van der Waals surface area contributed by atoms with Gasteiger partial charge in [-0.1, -0.05) is 32.4 Å². The Labute approximate surface area is 231 Å². The van der Waals surface area contributed by atoms with Crippen molar-refractivity contribution in [2.75, 3.05) is 6.54 Å². The van der Waals surface area contributed by atoms with Crippen molar-refractivity contribution in [3.05, 3.63) is 29.8 Å². The molecule has 222 valence electrons. The summed E-state index contributed by atoms with van der Waals surface area (Å²) in [4.78, 5) is 65.5.